The number of hydrogen-bond acceptors (Lipinski definition) is 7. The second kappa shape index (κ2) is 12.0. The zero-order valence-corrected chi connectivity index (χ0v) is 29.3. The number of fused-ring (bicyclic) bond motifs is 8. The van der Waals surface area contributed by atoms with Crippen molar-refractivity contribution in [2.45, 2.75) is 56.9 Å². The average molecular weight is 691 g/mol. The van der Waals surface area contributed by atoms with Crippen molar-refractivity contribution < 1.29 is 27.6 Å². The van der Waals surface area contributed by atoms with E-state index in [1.54, 1.807) is 32.2 Å². The third-order valence-electron chi connectivity index (χ3n) is 11.8. The molecule has 2 aromatic carbocycles. The lowest BCUT2D eigenvalue weighted by Crippen LogP contribution is -2.39. The van der Waals surface area contributed by atoms with Crippen molar-refractivity contribution in [2.24, 2.45) is 22.4 Å². The molecule has 2 aliphatic carbocycles. The van der Waals surface area contributed by atoms with Gasteiger partial charge in [-0.1, -0.05) is 25.3 Å². The van der Waals surface area contributed by atoms with Crippen LogP contribution in [0.2, 0.25) is 0 Å². The fourth-order valence-corrected chi connectivity index (χ4v) is 9.71. The summed E-state index contributed by atoms with van der Waals surface area (Å²) >= 11 is 0. The molecule has 49 heavy (non-hydrogen) atoms. The summed E-state index contributed by atoms with van der Waals surface area (Å²) < 4.78 is 33.6. The maximum absolute atomic E-state index is 13.0. The van der Waals surface area contributed by atoms with Gasteiger partial charge in [0, 0.05) is 74.3 Å². The molecule has 0 bridgehead atoms. The molecule has 0 radical (unpaired) electrons. The number of nitrogens with two attached hydrogens (primary N) is 1. The third kappa shape index (κ3) is 5.78. The van der Waals surface area contributed by atoms with E-state index in [-0.39, 0.29) is 22.9 Å². The quantitative estimate of drug-likeness (QED) is 0.378. The Balaban J connectivity index is 1.16. The first-order chi connectivity index (χ1) is 23.4. The molecule has 12 nitrogen and oxygen atoms in total. The summed E-state index contributed by atoms with van der Waals surface area (Å²) in [4.78, 5) is 35.9. The van der Waals surface area contributed by atoms with Gasteiger partial charge < -0.3 is 19.1 Å². The third-order valence-corrected chi connectivity index (χ3v) is 12.3. The van der Waals surface area contributed by atoms with E-state index in [2.05, 4.69) is 21.8 Å². The Morgan fingerprint density at radius 1 is 1.02 bits per heavy atom. The molecule has 4 fully saturated rings. The SMILES string of the molecule is COc1ccc2c(c1)C1CC1(CON1CC3CN(C(=O)N(C)C)CC3C1)Cn1c-2c(C2CCCCC2)c2ccc(C(=O)NS(N)(=O)=O)cc21. The predicted molar refractivity (Wildman–Crippen MR) is 185 cm³/mol. The number of likely N-dealkylation sites (tertiary alicyclic amines) is 1. The van der Waals surface area contributed by atoms with Crippen molar-refractivity contribution >= 4 is 33.1 Å². The first kappa shape index (κ1) is 32.5. The lowest BCUT2D eigenvalue weighted by molar-refractivity contribution is -0.164. The molecule has 2 saturated heterocycles. The maximum Gasteiger partial charge on any atom is 0.319 e. The van der Waals surface area contributed by atoms with E-state index in [1.807, 2.05) is 27.8 Å². The summed E-state index contributed by atoms with van der Waals surface area (Å²) in [6, 6.07) is 12.0. The van der Waals surface area contributed by atoms with Gasteiger partial charge in [0.25, 0.3) is 16.1 Å². The first-order valence-electron chi connectivity index (χ1n) is 17.5. The zero-order valence-electron chi connectivity index (χ0n) is 28.5. The normalized spacial score (nSPS) is 26.4. The van der Waals surface area contributed by atoms with Crippen LogP contribution in [-0.2, 0) is 21.6 Å². The number of methoxy groups -OCH3 is 1. The maximum atomic E-state index is 13.0. The highest BCUT2D eigenvalue weighted by Gasteiger charge is 2.58. The molecule has 0 spiro atoms. The number of hydroxylamine groups is 2. The largest absolute Gasteiger partial charge is 0.497 e. The van der Waals surface area contributed by atoms with Gasteiger partial charge in [0.2, 0.25) is 0 Å². The number of rotatable bonds is 7. The molecular formula is C36H46N6O6S. The van der Waals surface area contributed by atoms with Gasteiger partial charge >= 0.3 is 6.03 Å². The topological polar surface area (TPSA) is 139 Å². The van der Waals surface area contributed by atoms with Crippen LogP contribution in [-0.4, -0.2) is 93.8 Å². The van der Waals surface area contributed by atoms with Crippen LogP contribution in [0.1, 0.15) is 71.8 Å². The second-order valence-corrected chi connectivity index (χ2v) is 16.5. The molecule has 13 heteroatoms. The number of benzene rings is 2. The molecule has 3 N–H and O–H groups in total. The van der Waals surface area contributed by atoms with Gasteiger partial charge in [-0.3, -0.25) is 9.63 Å². The van der Waals surface area contributed by atoms with E-state index in [4.69, 9.17) is 14.7 Å². The molecule has 8 rings (SSSR count). The number of nitrogens with one attached hydrogen (secondary N) is 1. The summed E-state index contributed by atoms with van der Waals surface area (Å²) in [5.41, 5.74) is 5.97. The minimum atomic E-state index is -4.21. The van der Waals surface area contributed by atoms with E-state index >= 15 is 0 Å². The van der Waals surface area contributed by atoms with Crippen LogP contribution < -0.4 is 14.6 Å². The highest BCUT2D eigenvalue weighted by atomic mass is 32.2. The molecule has 4 heterocycles. The van der Waals surface area contributed by atoms with Crippen LogP contribution >= 0.6 is 0 Å². The lowest BCUT2D eigenvalue weighted by atomic mass is 9.81. The Kier molecular flexibility index (Phi) is 7.97. The number of carbonyl (C=O) groups is 2. The number of urea groups is 1. The van der Waals surface area contributed by atoms with Crippen molar-refractivity contribution in [1.82, 2.24) is 24.2 Å². The minimum absolute atomic E-state index is 0.0711. The summed E-state index contributed by atoms with van der Waals surface area (Å²) in [7, 11) is 1.10. The number of carbonyl (C=O) groups excluding carboxylic acids is 2. The summed E-state index contributed by atoms with van der Waals surface area (Å²) in [6.45, 7) is 4.38. The number of amides is 3. The Hall–Kier alpha value is -3.65. The van der Waals surface area contributed by atoms with Gasteiger partial charge in [0.1, 0.15) is 5.75 Å². The lowest BCUT2D eigenvalue weighted by Gasteiger charge is -2.26. The molecule has 1 aromatic heterocycles. The Bertz CT molecular complexity index is 1920. The van der Waals surface area contributed by atoms with Crippen molar-refractivity contribution in [1.29, 1.82) is 0 Å². The monoisotopic (exact) mass is 690 g/mol. The molecule has 262 valence electrons. The van der Waals surface area contributed by atoms with Gasteiger partial charge in [-0.25, -0.2) is 14.7 Å². The van der Waals surface area contributed by atoms with E-state index in [9.17, 15) is 18.0 Å². The number of aromatic nitrogens is 1. The molecule has 3 aliphatic heterocycles. The van der Waals surface area contributed by atoms with E-state index in [0.717, 1.165) is 62.1 Å². The number of nitrogens with zero attached hydrogens (tertiary/aromatic N) is 4. The summed E-state index contributed by atoms with van der Waals surface area (Å²) in [5.74, 6) is 1.54. The smallest absolute Gasteiger partial charge is 0.319 e. The number of ether oxygens (including phenoxy) is 1. The zero-order chi connectivity index (χ0) is 34.2. The van der Waals surface area contributed by atoms with Gasteiger partial charge in [-0.2, -0.15) is 13.5 Å². The predicted octanol–water partition coefficient (Wildman–Crippen LogP) is 4.26. The molecular weight excluding hydrogens is 644 g/mol. The van der Waals surface area contributed by atoms with Crippen molar-refractivity contribution in [2.75, 3.05) is 54.0 Å². The fraction of sp³-hybridized carbons (Fsp3) is 0.556. The van der Waals surface area contributed by atoms with Crippen LogP contribution in [0, 0.1) is 17.3 Å². The van der Waals surface area contributed by atoms with Gasteiger partial charge in [-0.15, -0.1) is 0 Å². The molecule has 2 saturated carbocycles. The molecule has 4 atom stereocenters. The Morgan fingerprint density at radius 3 is 2.43 bits per heavy atom. The Morgan fingerprint density at radius 2 is 1.76 bits per heavy atom. The van der Waals surface area contributed by atoms with E-state index in [0.29, 0.717) is 30.9 Å². The molecule has 3 aromatic rings. The number of hydrogen-bond donors (Lipinski definition) is 2. The van der Waals surface area contributed by atoms with Crippen LogP contribution in [0.4, 0.5) is 4.79 Å². The first-order valence-corrected chi connectivity index (χ1v) is 19.0. The van der Waals surface area contributed by atoms with Crippen LogP contribution in [0.3, 0.4) is 0 Å². The highest BCUT2D eigenvalue weighted by molar-refractivity contribution is 7.87. The van der Waals surface area contributed by atoms with E-state index in [1.165, 1.54) is 41.6 Å². The van der Waals surface area contributed by atoms with Gasteiger partial charge in [0.05, 0.1) is 19.4 Å². The van der Waals surface area contributed by atoms with Crippen molar-refractivity contribution in [3.63, 3.8) is 0 Å². The van der Waals surface area contributed by atoms with Crippen LogP contribution in [0.15, 0.2) is 36.4 Å². The van der Waals surface area contributed by atoms with Crippen molar-refractivity contribution in [3.8, 4) is 17.0 Å². The Labute approximate surface area is 287 Å². The van der Waals surface area contributed by atoms with Crippen molar-refractivity contribution in [3.05, 3.63) is 53.1 Å². The van der Waals surface area contributed by atoms with Gasteiger partial charge in [0.15, 0.2) is 0 Å². The highest BCUT2D eigenvalue weighted by Crippen LogP contribution is 2.65. The summed E-state index contributed by atoms with van der Waals surface area (Å²) in [6.07, 6.45) is 6.78. The van der Waals surface area contributed by atoms with Crippen LogP contribution in [0.25, 0.3) is 22.2 Å². The average Bonchev–Trinajstić information content (AvgIpc) is 3.29. The minimum Gasteiger partial charge on any atom is -0.497 e. The molecule has 3 amide bonds. The second-order valence-electron chi connectivity index (χ2n) is 15.2. The van der Waals surface area contributed by atoms with Crippen LogP contribution in [0.5, 0.6) is 5.75 Å². The fourth-order valence-electron chi connectivity index (χ4n) is 9.33. The standard InChI is InChI=1S/C36H46N6O6S/c1-39(2)35(44)40-16-24-18-41(19-25(24)17-40)48-21-36-15-30(36)29-14-26(47-3)10-12-27(29)33-32(22-7-5-4-6-8-22)28-11-9-23(13-31(28)42(33)20-36)34(43)38-49(37,45)46/h9-14,22,24-25,30H,4-8,15-21H2,1-3H3,(H,38,43)(H2,37,45,46). The van der Waals surface area contributed by atoms with E-state index < -0.39 is 16.1 Å². The summed E-state index contributed by atoms with van der Waals surface area (Å²) in [5, 5.41) is 8.40. The van der Waals surface area contributed by atoms with Gasteiger partial charge in [-0.05, 0) is 84.4 Å². The molecule has 4 unspecified atom stereocenters. The molecule has 5 aliphatic rings.